The van der Waals surface area contributed by atoms with Crippen molar-refractivity contribution in [2.24, 2.45) is 5.73 Å². The summed E-state index contributed by atoms with van der Waals surface area (Å²) in [5, 5.41) is 0. The average molecular weight is 198 g/mol. The van der Waals surface area contributed by atoms with Crippen LogP contribution in [0.15, 0.2) is 0 Å². The van der Waals surface area contributed by atoms with Crippen molar-refractivity contribution in [3.05, 3.63) is 0 Å². The van der Waals surface area contributed by atoms with E-state index in [1.54, 1.807) is 0 Å². The normalized spacial score (nSPS) is 29.8. The average Bonchev–Trinajstić information content (AvgIpc) is 2.85. The summed E-state index contributed by atoms with van der Waals surface area (Å²) in [6.45, 7) is 6.20. The van der Waals surface area contributed by atoms with E-state index in [2.05, 4.69) is 11.8 Å². The van der Waals surface area contributed by atoms with E-state index in [1.165, 1.54) is 25.7 Å². The number of hydrogen-bond acceptors (Lipinski definition) is 3. The lowest BCUT2D eigenvalue weighted by atomic mass is 10.1. The molecular formula is C11H22N2O. The van der Waals surface area contributed by atoms with Crippen LogP contribution in [0, 0.1) is 0 Å². The molecule has 1 unspecified atom stereocenters. The molecule has 1 saturated carbocycles. The molecule has 3 nitrogen and oxygen atoms in total. The molecule has 0 spiro atoms. The van der Waals surface area contributed by atoms with Crippen molar-refractivity contribution in [3.8, 4) is 0 Å². The van der Waals surface area contributed by atoms with E-state index in [1.807, 2.05) is 0 Å². The summed E-state index contributed by atoms with van der Waals surface area (Å²) >= 11 is 0. The zero-order valence-corrected chi connectivity index (χ0v) is 9.17. The van der Waals surface area contributed by atoms with Gasteiger partial charge in [-0.2, -0.15) is 0 Å². The first kappa shape index (κ1) is 10.4. The number of nitrogens with two attached hydrogens (primary N) is 1. The van der Waals surface area contributed by atoms with Gasteiger partial charge in [0.05, 0.1) is 6.10 Å². The Morgan fingerprint density at radius 1 is 1.50 bits per heavy atom. The molecule has 1 aliphatic heterocycles. The van der Waals surface area contributed by atoms with E-state index in [0.29, 0.717) is 11.6 Å². The third-order valence-electron chi connectivity index (χ3n) is 3.71. The van der Waals surface area contributed by atoms with Crippen LogP contribution in [-0.2, 0) is 4.74 Å². The van der Waals surface area contributed by atoms with Gasteiger partial charge in [0.2, 0.25) is 0 Å². The highest BCUT2D eigenvalue weighted by Crippen LogP contribution is 2.40. The van der Waals surface area contributed by atoms with Gasteiger partial charge in [-0.25, -0.2) is 0 Å². The Bertz CT molecular complexity index is 186. The number of likely N-dealkylation sites (N-methyl/N-ethyl adjacent to an activating group) is 1. The van der Waals surface area contributed by atoms with E-state index in [0.717, 1.165) is 26.2 Å². The number of hydrogen-bond donors (Lipinski definition) is 1. The maximum atomic E-state index is 5.84. The van der Waals surface area contributed by atoms with Gasteiger partial charge in [-0.15, -0.1) is 0 Å². The molecular weight excluding hydrogens is 176 g/mol. The predicted molar refractivity (Wildman–Crippen MR) is 57.2 cm³/mol. The largest absolute Gasteiger partial charge is 0.377 e. The van der Waals surface area contributed by atoms with Crippen LogP contribution in [-0.4, -0.2) is 42.8 Å². The molecule has 0 aromatic heterocycles. The van der Waals surface area contributed by atoms with Crippen molar-refractivity contribution in [2.45, 2.75) is 44.2 Å². The van der Waals surface area contributed by atoms with Crippen LogP contribution in [0.2, 0.25) is 0 Å². The molecule has 0 bridgehead atoms. The van der Waals surface area contributed by atoms with Crippen molar-refractivity contribution < 1.29 is 4.74 Å². The highest BCUT2D eigenvalue weighted by Gasteiger charge is 2.46. The van der Waals surface area contributed by atoms with Gasteiger partial charge in [0, 0.05) is 25.2 Å². The molecule has 0 aromatic carbocycles. The smallest absolute Gasteiger partial charge is 0.0703 e. The van der Waals surface area contributed by atoms with Gasteiger partial charge < -0.3 is 10.5 Å². The molecule has 1 aliphatic carbocycles. The molecule has 2 N–H and O–H groups in total. The Morgan fingerprint density at radius 2 is 2.29 bits per heavy atom. The minimum absolute atomic E-state index is 0.348. The monoisotopic (exact) mass is 198 g/mol. The van der Waals surface area contributed by atoms with Crippen LogP contribution < -0.4 is 5.73 Å². The molecule has 82 valence electrons. The number of nitrogens with zero attached hydrogens (tertiary/aromatic N) is 1. The fraction of sp³-hybridized carbons (Fsp3) is 1.00. The van der Waals surface area contributed by atoms with Gasteiger partial charge in [0.25, 0.3) is 0 Å². The second-order valence-electron chi connectivity index (χ2n) is 4.60. The zero-order chi connectivity index (χ0) is 10.0. The molecule has 3 heteroatoms. The van der Waals surface area contributed by atoms with Crippen LogP contribution in [0.25, 0.3) is 0 Å². The lowest BCUT2D eigenvalue weighted by Crippen LogP contribution is -2.46. The van der Waals surface area contributed by atoms with Crippen LogP contribution in [0.4, 0.5) is 0 Å². The summed E-state index contributed by atoms with van der Waals surface area (Å²) < 4.78 is 5.67. The topological polar surface area (TPSA) is 38.5 Å². The van der Waals surface area contributed by atoms with E-state index >= 15 is 0 Å². The summed E-state index contributed by atoms with van der Waals surface area (Å²) in [7, 11) is 0. The molecule has 0 radical (unpaired) electrons. The van der Waals surface area contributed by atoms with E-state index in [4.69, 9.17) is 10.5 Å². The summed E-state index contributed by atoms with van der Waals surface area (Å²) in [5.41, 5.74) is 6.18. The maximum Gasteiger partial charge on any atom is 0.0703 e. The molecule has 0 aromatic rings. The molecule has 2 fully saturated rings. The summed E-state index contributed by atoms with van der Waals surface area (Å²) in [6.07, 6.45) is 5.50. The molecule has 1 heterocycles. The standard InChI is InChI=1S/C11H22N2O/c1-2-13(11(9-12)5-6-11)8-10-4-3-7-14-10/h10H,2-9,12H2,1H3. The minimum Gasteiger partial charge on any atom is -0.377 e. The third kappa shape index (κ3) is 1.95. The van der Waals surface area contributed by atoms with Crippen molar-refractivity contribution in [1.29, 1.82) is 0 Å². The molecule has 0 amide bonds. The SMILES string of the molecule is CCN(CC1CCCO1)C1(CN)CC1. The van der Waals surface area contributed by atoms with Crippen LogP contribution in [0.5, 0.6) is 0 Å². The van der Waals surface area contributed by atoms with Gasteiger partial charge in [0.1, 0.15) is 0 Å². The number of ether oxygens (including phenoxy) is 1. The first-order chi connectivity index (χ1) is 6.80. The van der Waals surface area contributed by atoms with Gasteiger partial charge >= 0.3 is 0 Å². The second kappa shape index (κ2) is 4.17. The summed E-state index contributed by atoms with van der Waals surface area (Å²) in [5.74, 6) is 0. The van der Waals surface area contributed by atoms with Gasteiger partial charge in [0.15, 0.2) is 0 Å². The van der Waals surface area contributed by atoms with Crippen LogP contribution >= 0.6 is 0 Å². The van der Waals surface area contributed by atoms with E-state index < -0.39 is 0 Å². The van der Waals surface area contributed by atoms with Crippen molar-refractivity contribution in [1.82, 2.24) is 4.90 Å². The minimum atomic E-state index is 0.348. The summed E-state index contributed by atoms with van der Waals surface area (Å²) in [4.78, 5) is 2.53. The van der Waals surface area contributed by atoms with Gasteiger partial charge in [-0.3, -0.25) is 4.90 Å². The van der Waals surface area contributed by atoms with Crippen LogP contribution in [0.1, 0.15) is 32.6 Å². The van der Waals surface area contributed by atoms with Crippen molar-refractivity contribution in [2.75, 3.05) is 26.2 Å². The Morgan fingerprint density at radius 3 is 2.71 bits per heavy atom. The first-order valence-electron chi connectivity index (χ1n) is 5.87. The van der Waals surface area contributed by atoms with E-state index in [9.17, 15) is 0 Å². The fourth-order valence-corrected chi connectivity index (χ4v) is 2.49. The molecule has 14 heavy (non-hydrogen) atoms. The predicted octanol–water partition coefficient (Wildman–Crippen LogP) is 0.979. The van der Waals surface area contributed by atoms with Gasteiger partial charge in [-0.05, 0) is 32.2 Å². The van der Waals surface area contributed by atoms with Crippen LogP contribution in [0.3, 0.4) is 0 Å². The zero-order valence-electron chi connectivity index (χ0n) is 9.17. The Hall–Kier alpha value is -0.120. The Kier molecular flexibility index (Phi) is 3.10. The Labute approximate surface area is 86.6 Å². The lowest BCUT2D eigenvalue weighted by molar-refractivity contribution is 0.0549. The number of rotatable bonds is 5. The fourth-order valence-electron chi connectivity index (χ4n) is 2.49. The second-order valence-corrected chi connectivity index (χ2v) is 4.60. The maximum absolute atomic E-state index is 5.84. The molecule has 1 atom stereocenters. The first-order valence-corrected chi connectivity index (χ1v) is 5.87. The molecule has 2 rings (SSSR count). The quantitative estimate of drug-likeness (QED) is 0.715. The third-order valence-corrected chi connectivity index (χ3v) is 3.71. The molecule has 2 aliphatic rings. The van der Waals surface area contributed by atoms with Crippen molar-refractivity contribution in [3.63, 3.8) is 0 Å². The van der Waals surface area contributed by atoms with Gasteiger partial charge in [-0.1, -0.05) is 6.92 Å². The highest BCUT2D eigenvalue weighted by molar-refractivity contribution is 5.04. The van der Waals surface area contributed by atoms with E-state index in [-0.39, 0.29) is 0 Å². The Balaban J connectivity index is 1.86. The highest BCUT2D eigenvalue weighted by atomic mass is 16.5. The lowest BCUT2D eigenvalue weighted by Gasteiger charge is -2.31. The molecule has 1 saturated heterocycles. The summed E-state index contributed by atoms with van der Waals surface area (Å²) in [6, 6.07) is 0. The van der Waals surface area contributed by atoms with Crippen molar-refractivity contribution >= 4 is 0 Å².